The minimum absolute atomic E-state index is 0.0237. The molecular weight excluding hydrogens is 456 g/mol. The van der Waals surface area contributed by atoms with Crippen LogP contribution in [0.25, 0.3) is 0 Å². The van der Waals surface area contributed by atoms with E-state index in [-0.39, 0.29) is 24.8 Å². The Labute approximate surface area is 213 Å². The summed E-state index contributed by atoms with van der Waals surface area (Å²) in [4.78, 5) is 36.9. The third kappa shape index (κ3) is 6.72. The molecule has 36 heavy (non-hydrogen) atoms. The summed E-state index contributed by atoms with van der Waals surface area (Å²) in [5.41, 5.74) is 3.07. The standard InChI is InChI=1S/C27H38N6O3/c1-19-17-23-31-25(36)21-9-8-20(30-24(35)7-6-16-34)18-22(21)33-14-11-27(2,12-15-33)10-4-3-5-13-28-26(29-19)32-23/h8-9,17-18,34H,3-7,10-16H2,1-2H3,(H,30,35)(H2,28,29,31,32,36). The summed E-state index contributed by atoms with van der Waals surface area (Å²) < 4.78 is 0. The number of aryl methyl sites for hydroxylation is 1. The Morgan fingerprint density at radius 3 is 2.72 bits per heavy atom. The molecule has 0 spiro atoms. The molecule has 5 rings (SSSR count). The fourth-order valence-corrected chi connectivity index (χ4v) is 5.01. The van der Waals surface area contributed by atoms with Crippen molar-refractivity contribution in [2.75, 3.05) is 47.1 Å². The summed E-state index contributed by atoms with van der Waals surface area (Å²) in [7, 11) is 0. The van der Waals surface area contributed by atoms with Crippen molar-refractivity contribution in [2.45, 2.75) is 65.2 Å². The maximum Gasteiger partial charge on any atom is 0.258 e. The number of rotatable bonds is 4. The van der Waals surface area contributed by atoms with Crippen molar-refractivity contribution in [3.8, 4) is 0 Å². The number of aliphatic hydroxyl groups is 1. The lowest BCUT2D eigenvalue weighted by Crippen LogP contribution is -2.39. The number of nitrogens with zero attached hydrogens (tertiary/aromatic N) is 3. The zero-order valence-corrected chi connectivity index (χ0v) is 21.4. The Morgan fingerprint density at radius 2 is 1.94 bits per heavy atom. The number of hydrogen-bond acceptors (Lipinski definition) is 7. The van der Waals surface area contributed by atoms with Crippen LogP contribution in [0.2, 0.25) is 0 Å². The van der Waals surface area contributed by atoms with E-state index in [1.54, 1.807) is 18.2 Å². The fraction of sp³-hybridized carbons (Fsp3) is 0.556. The first-order valence-corrected chi connectivity index (χ1v) is 13.1. The van der Waals surface area contributed by atoms with E-state index < -0.39 is 0 Å². The molecule has 0 unspecified atom stereocenters. The molecule has 1 aromatic heterocycles. The van der Waals surface area contributed by atoms with Gasteiger partial charge in [0.1, 0.15) is 5.82 Å². The van der Waals surface area contributed by atoms with Crippen molar-refractivity contribution in [3.63, 3.8) is 0 Å². The molecule has 0 aliphatic carbocycles. The van der Waals surface area contributed by atoms with Crippen LogP contribution in [0.4, 0.5) is 23.1 Å². The number of aliphatic hydroxyl groups excluding tert-OH is 1. The van der Waals surface area contributed by atoms with Gasteiger partial charge >= 0.3 is 0 Å². The van der Waals surface area contributed by atoms with Crippen molar-refractivity contribution in [2.24, 2.45) is 5.41 Å². The maximum atomic E-state index is 13.4. The quantitative estimate of drug-likeness (QED) is 0.499. The molecule has 4 bridgehead atoms. The smallest absolute Gasteiger partial charge is 0.258 e. The number of piperidine rings is 1. The number of nitrogens with one attached hydrogen (secondary N) is 3. The van der Waals surface area contributed by atoms with E-state index in [1.165, 1.54) is 12.8 Å². The van der Waals surface area contributed by atoms with Gasteiger partial charge < -0.3 is 26.0 Å². The van der Waals surface area contributed by atoms with Gasteiger partial charge in [0.2, 0.25) is 11.9 Å². The highest BCUT2D eigenvalue weighted by Crippen LogP contribution is 2.39. The van der Waals surface area contributed by atoms with Crippen molar-refractivity contribution < 1.29 is 14.7 Å². The molecule has 0 saturated carbocycles. The summed E-state index contributed by atoms with van der Waals surface area (Å²) in [5, 5.41) is 18.2. The highest BCUT2D eigenvalue weighted by atomic mass is 16.3. The molecule has 4 heterocycles. The van der Waals surface area contributed by atoms with Gasteiger partial charge in [0.25, 0.3) is 5.91 Å². The van der Waals surface area contributed by atoms with Crippen LogP contribution in [0.1, 0.15) is 74.3 Å². The minimum Gasteiger partial charge on any atom is -0.396 e. The number of hydrogen-bond donors (Lipinski definition) is 4. The molecule has 9 heteroatoms. The highest BCUT2D eigenvalue weighted by molar-refractivity contribution is 6.08. The van der Waals surface area contributed by atoms with Crippen LogP contribution in [0.15, 0.2) is 24.3 Å². The van der Waals surface area contributed by atoms with Crippen molar-refractivity contribution in [3.05, 3.63) is 35.5 Å². The third-order valence-electron chi connectivity index (χ3n) is 7.24. The van der Waals surface area contributed by atoms with E-state index in [2.05, 4.69) is 37.7 Å². The summed E-state index contributed by atoms with van der Waals surface area (Å²) >= 11 is 0. The number of fused-ring (bicyclic) bond motifs is 8. The molecule has 1 fully saturated rings. The second-order valence-electron chi connectivity index (χ2n) is 10.3. The van der Waals surface area contributed by atoms with Gasteiger partial charge in [-0.1, -0.05) is 19.8 Å². The Bertz CT molecular complexity index is 1080. The van der Waals surface area contributed by atoms with Crippen molar-refractivity contribution in [1.82, 2.24) is 9.97 Å². The van der Waals surface area contributed by atoms with Gasteiger partial charge in [-0.15, -0.1) is 0 Å². The molecule has 1 saturated heterocycles. The second-order valence-corrected chi connectivity index (χ2v) is 10.3. The van der Waals surface area contributed by atoms with Crippen LogP contribution in [0.5, 0.6) is 0 Å². The van der Waals surface area contributed by atoms with Gasteiger partial charge in [-0.25, -0.2) is 4.98 Å². The minimum atomic E-state index is -0.246. The number of anilines is 4. The van der Waals surface area contributed by atoms with Crippen LogP contribution < -0.4 is 20.9 Å². The number of carbonyl (C=O) groups excluding carboxylic acids is 2. The van der Waals surface area contributed by atoms with Crippen LogP contribution >= 0.6 is 0 Å². The summed E-state index contributed by atoms with van der Waals surface area (Å²) in [6.07, 6.45) is 7.39. The topological polar surface area (TPSA) is 119 Å². The number of aromatic nitrogens is 2. The lowest BCUT2D eigenvalue weighted by atomic mass is 9.76. The summed E-state index contributed by atoms with van der Waals surface area (Å²) in [5.74, 6) is 0.578. The Kier molecular flexibility index (Phi) is 8.40. The average molecular weight is 495 g/mol. The molecule has 3 aliphatic rings. The largest absolute Gasteiger partial charge is 0.396 e. The van der Waals surface area contributed by atoms with Gasteiger partial charge in [-0.05, 0) is 62.6 Å². The zero-order valence-electron chi connectivity index (χ0n) is 21.4. The predicted molar refractivity (Wildman–Crippen MR) is 143 cm³/mol. The molecule has 2 aromatic rings. The van der Waals surface area contributed by atoms with Crippen molar-refractivity contribution in [1.29, 1.82) is 0 Å². The first-order valence-electron chi connectivity index (χ1n) is 13.1. The van der Waals surface area contributed by atoms with Gasteiger partial charge in [-0.2, -0.15) is 4.98 Å². The number of carbonyl (C=O) groups is 2. The monoisotopic (exact) mass is 494 g/mol. The van der Waals surface area contributed by atoms with E-state index in [0.29, 0.717) is 34.9 Å². The van der Waals surface area contributed by atoms with Gasteiger partial charge in [0, 0.05) is 50.1 Å². The molecule has 2 amide bonds. The van der Waals surface area contributed by atoms with E-state index in [0.717, 1.165) is 56.7 Å². The van der Waals surface area contributed by atoms with Crippen LogP contribution in [-0.2, 0) is 4.79 Å². The molecule has 4 N–H and O–H groups in total. The lowest BCUT2D eigenvalue weighted by Gasteiger charge is -2.41. The first kappa shape index (κ1) is 25.9. The van der Waals surface area contributed by atoms with Gasteiger partial charge in [0.15, 0.2) is 0 Å². The zero-order chi connectivity index (χ0) is 25.5. The van der Waals surface area contributed by atoms with E-state index >= 15 is 0 Å². The SMILES string of the molecule is Cc1cc2nc(n1)NCCCCCC1(C)CCN(CC1)c1cc(NC(=O)CCCO)ccc1C(=O)N2. The molecule has 0 radical (unpaired) electrons. The van der Waals surface area contributed by atoms with E-state index in [1.807, 2.05) is 13.0 Å². The Hall–Kier alpha value is -3.20. The summed E-state index contributed by atoms with van der Waals surface area (Å²) in [6, 6.07) is 7.17. The third-order valence-corrected chi connectivity index (χ3v) is 7.24. The normalized spacial score (nSPS) is 18.0. The molecule has 0 atom stereocenters. The second kappa shape index (κ2) is 11.7. The Balaban J connectivity index is 1.65. The Morgan fingerprint density at radius 1 is 1.14 bits per heavy atom. The number of amides is 2. The van der Waals surface area contributed by atoms with E-state index in [9.17, 15) is 9.59 Å². The average Bonchev–Trinajstić information content (AvgIpc) is 2.84. The molecular formula is C27H38N6O3. The fourth-order valence-electron chi connectivity index (χ4n) is 5.01. The number of benzene rings is 1. The maximum absolute atomic E-state index is 13.4. The van der Waals surface area contributed by atoms with Crippen LogP contribution in [0, 0.1) is 12.3 Å². The van der Waals surface area contributed by atoms with Crippen LogP contribution in [-0.4, -0.2) is 53.1 Å². The lowest BCUT2D eigenvalue weighted by molar-refractivity contribution is -0.116. The molecule has 194 valence electrons. The van der Waals surface area contributed by atoms with Crippen molar-refractivity contribution >= 4 is 35.0 Å². The molecule has 3 aliphatic heterocycles. The van der Waals surface area contributed by atoms with Gasteiger partial charge in [0.05, 0.1) is 11.3 Å². The summed E-state index contributed by atoms with van der Waals surface area (Å²) in [6.45, 7) is 6.76. The molecule has 9 nitrogen and oxygen atoms in total. The van der Waals surface area contributed by atoms with Crippen LogP contribution in [0.3, 0.4) is 0 Å². The first-order chi connectivity index (χ1) is 17.3. The predicted octanol–water partition coefficient (Wildman–Crippen LogP) is 4.34. The molecule has 1 aromatic carbocycles. The highest BCUT2D eigenvalue weighted by Gasteiger charge is 2.31. The van der Waals surface area contributed by atoms with Gasteiger partial charge in [-0.3, -0.25) is 9.59 Å². The van der Waals surface area contributed by atoms with E-state index in [4.69, 9.17) is 5.11 Å².